The number of nitrogens with one attached hydrogen (secondary N) is 1. The Morgan fingerprint density at radius 1 is 1.44 bits per heavy atom. The zero-order chi connectivity index (χ0) is 13.3. The van der Waals surface area contributed by atoms with Gasteiger partial charge in [-0.05, 0) is 18.2 Å². The van der Waals surface area contributed by atoms with Crippen LogP contribution < -0.4 is 0 Å². The molecule has 0 radical (unpaired) electrons. The minimum Gasteiger partial charge on any atom is -0.342 e. The zero-order valence-corrected chi connectivity index (χ0v) is 11.0. The van der Waals surface area contributed by atoms with Crippen molar-refractivity contribution in [1.82, 2.24) is 14.3 Å². The lowest BCUT2D eigenvalue weighted by molar-refractivity contribution is 0.475. The quantitative estimate of drug-likeness (QED) is 0.906. The van der Waals surface area contributed by atoms with Gasteiger partial charge in [-0.15, -0.1) is 0 Å². The third-order valence-electron chi connectivity index (χ3n) is 2.72. The summed E-state index contributed by atoms with van der Waals surface area (Å²) in [6.07, 6.45) is 1.61. The van der Waals surface area contributed by atoms with Crippen LogP contribution in [0.5, 0.6) is 0 Å². The number of H-pyrrole nitrogens is 1. The molecule has 0 aliphatic rings. The summed E-state index contributed by atoms with van der Waals surface area (Å²) in [4.78, 5) is 7.23. The Morgan fingerprint density at radius 2 is 2.17 bits per heavy atom. The Hall–Kier alpha value is -1.47. The molecule has 0 atom stereocenters. The zero-order valence-electron chi connectivity index (χ0n) is 10.1. The predicted octanol–water partition coefficient (Wildman–Crippen LogP) is 1.14. The Kier molecular flexibility index (Phi) is 3.36. The van der Waals surface area contributed by atoms with E-state index >= 15 is 0 Å². The first-order valence-corrected chi connectivity index (χ1v) is 7.26. The number of nitrogens with zero attached hydrogens (tertiary/aromatic N) is 2. The second-order valence-corrected chi connectivity index (χ2v) is 6.27. The van der Waals surface area contributed by atoms with Gasteiger partial charge in [-0.3, -0.25) is 0 Å². The van der Waals surface area contributed by atoms with Gasteiger partial charge in [0.1, 0.15) is 11.6 Å². The summed E-state index contributed by atoms with van der Waals surface area (Å²) in [6, 6.07) is 4.30. The number of aromatic nitrogens is 2. The van der Waals surface area contributed by atoms with E-state index in [9.17, 15) is 12.8 Å². The number of hydrogen-bond donors (Lipinski definition) is 1. The lowest BCUT2D eigenvalue weighted by Crippen LogP contribution is -2.27. The lowest BCUT2D eigenvalue weighted by atomic mass is 10.3. The highest BCUT2D eigenvalue weighted by Crippen LogP contribution is 2.13. The molecule has 0 unspecified atom stereocenters. The molecule has 0 fully saturated rings. The van der Waals surface area contributed by atoms with E-state index < -0.39 is 10.0 Å². The number of benzene rings is 1. The van der Waals surface area contributed by atoms with Crippen LogP contribution in [0.1, 0.15) is 5.82 Å². The van der Waals surface area contributed by atoms with Crippen LogP contribution in [0.2, 0.25) is 0 Å². The molecule has 7 heteroatoms. The van der Waals surface area contributed by atoms with Crippen molar-refractivity contribution in [2.45, 2.75) is 6.42 Å². The van der Waals surface area contributed by atoms with E-state index in [4.69, 9.17) is 0 Å². The maximum absolute atomic E-state index is 13.0. The average molecular weight is 271 g/mol. The SMILES string of the molecule is CN(CCc1nc2ccc(F)cc2[nH]1)S(C)(=O)=O. The van der Waals surface area contributed by atoms with Gasteiger partial charge in [-0.1, -0.05) is 0 Å². The van der Waals surface area contributed by atoms with Crippen molar-refractivity contribution < 1.29 is 12.8 Å². The van der Waals surface area contributed by atoms with Gasteiger partial charge in [0.15, 0.2) is 0 Å². The van der Waals surface area contributed by atoms with Gasteiger partial charge < -0.3 is 4.98 Å². The first-order chi connectivity index (χ1) is 8.36. The molecule has 0 aliphatic carbocycles. The number of halogens is 1. The monoisotopic (exact) mass is 271 g/mol. The molecule has 1 aromatic carbocycles. The minimum atomic E-state index is -3.18. The van der Waals surface area contributed by atoms with E-state index in [1.807, 2.05) is 0 Å². The van der Waals surface area contributed by atoms with Gasteiger partial charge in [0.05, 0.1) is 17.3 Å². The van der Waals surface area contributed by atoms with Crippen LogP contribution >= 0.6 is 0 Å². The molecule has 0 aliphatic heterocycles. The first kappa shape index (κ1) is 13.0. The van der Waals surface area contributed by atoms with E-state index in [1.54, 1.807) is 6.07 Å². The van der Waals surface area contributed by atoms with Crippen molar-refractivity contribution in [1.29, 1.82) is 0 Å². The summed E-state index contributed by atoms with van der Waals surface area (Å²) in [5.41, 5.74) is 1.29. The Bertz CT molecular complexity index is 666. The van der Waals surface area contributed by atoms with Crippen LogP contribution in [0.15, 0.2) is 18.2 Å². The second kappa shape index (κ2) is 4.66. The van der Waals surface area contributed by atoms with Crippen LogP contribution in [0.25, 0.3) is 11.0 Å². The highest BCUT2D eigenvalue weighted by Gasteiger charge is 2.11. The number of imidazole rings is 1. The third-order valence-corrected chi connectivity index (χ3v) is 4.04. The molecular formula is C11H14FN3O2S. The minimum absolute atomic E-state index is 0.328. The normalized spacial score (nSPS) is 12.4. The van der Waals surface area contributed by atoms with E-state index in [2.05, 4.69) is 9.97 Å². The summed E-state index contributed by atoms with van der Waals surface area (Å²) in [7, 11) is -1.67. The largest absolute Gasteiger partial charge is 0.342 e. The highest BCUT2D eigenvalue weighted by atomic mass is 32.2. The number of hydrogen-bond acceptors (Lipinski definition) is 3. The molecule has 0 saturated carbocycles. The van der Waals surface area contributed by atoms with Gasteiger partial charge >= 0.3 is 0 Å². The van der Waals surface area contributed by atoms with Gasteiger partial charge in [0, 0.05) is 20.0 Å². The lowest BCUT2D eigenvalue weighted by Gasteiger charge is -2.12. The summed E-state index contributed by atoms with van der Waals surface area (Å²) in [6.45, 7) is 0.334. The molecular weight excluding hydrogens is 257 g/mol. The summed E-state index contributed by atoms with van der Waals surface area (Å²) >= 11 is 0. The van der Waals surface area contributed by atoms with Crippen molar-refractivity contribution in [3.63, 3.8) is 0 Å². The molecule has 18 heavy (non-hydrogen) atoms. The van der Waals surface area contributed by atoms with Crippen LogP contribution in [0.4, 0.5) is 4.39 Å². The van der Waals surface area contributed by atoms with Crippen LogP contribution in [-0.2, 0) is 16.4 Å². The molecule has 2 aromatic rings. The summed E-state index contributed by atoms with van der Waals surface area (Å²) < 4.78 is 36.7. The number of aromatic amines is 1. The molecule has 0 bridgehead atoms. The Balaban J connectivity index is 2.13. The topological polar surface area (TPSA) is 66.1 Å². The molecule has 1 heterocycles. The number of sulfonamides is 1. The van der Waals surface area contributed by atoms with E-state index in [1.165, 1.54) is 23.5 Å². The van der Waals surface area contributed by atoms with Gasteiger partial charge in [0.2, 0.25) is 10.0 Å². The average Bonchev–Trinajstić information content (AvgIpc) is 2.66. The van der Waals surface area contributed by atoms with Crippen LogP contribution in [0.3, 0.4) is 0 Å². The third kappa shape index (κ3) is 2.85. The smallest absolute Gasteiger partial charge is 0.210 e. The summed E-state index contributed by atoms with van der Waals surface area (Å²) in [5.74, 6) is 0.317. The van der Waals surface area contributed by atoms with Gasteiger partial charge in [-0.2, -0.15) is 0 Å². The van der Waals surface area contributed by atoms with Gasteiger partial charge in [0.25, 0.3) is 0 Å². The van der Waals surface area contributed by atoms with E-state index in [0.29, 0.717) is 29.8 Å². The molecule has 1 aromatic heterocycles. The molecule has 98 valence electrons. The molecule has 1 N–H and O–H groups in total. The highest BCUT2D eigenvalue weighted by molar-refractivity contribution is 7.88. The van der Waals surface area contributed by atoms with Crippen molar-refractivity contribution in [3.05, 3.63) is 29.8 Å². The van der Waals surface area contributed by atoms with Crippen molar-refractivity contribution in [2.75, 3.05) is 19.8 Å². The first-order valence-electron chi connectivity index (χ1n) is 5.42. The maximum Gasteiger partial charge on any atom is 0.210 e. The molecule has 0 amide bonds. The maximum atomic E-state index is 13.0. The van der Waals surface area contributed by atoms with E-state index in [-0.39, 0.29) is 5.82 Å². The van der Waals surface area contributed by atoms with E-state index in [0.717, 1.165) is 6.26 Å². The van der Waals surface area contributed by atoms with Crippen molar-refractivity contribution in [2.24, 2.45) is 0 Å². The van der Waals surface area contributed by atoms with Crippen LogP contribution in [-0.4, -0.2) is 42.5 Å². The van der Waals surface area contributed by atoms with Crippen molar-refractivity contribution in [3.8, 4) is 0 Å². The fraction of sp³-hybridized carbons (Fsp3) is 0.364. The molecule has 5 nitrogen and oxygen atoms in total. The molecule has 2 rings (SSSR count). The van der Waals surface area contributed by atoms with Crippen molar-refractivity contribution >= 4 is 21.1 Å². The van der Waals surface area contributed by atoms with Gasteiger partial charge in [-0.25, -0.2) is 22.1 Å². The second-order valence-electron chi connectivity index (χ2n) is 4.18. The van der Waals surface area contributed by atoms with Crippen LogP contribution in [0, 0.1) is 5.82 Å². The molecule has 0 saturated heterocycles. The predicted molar refractivity (Wildman–Crippen MR) is 67.2 cm³/mol. The fourth-order valence-electron chi connectivity index (χ4n) is 1.58. The number of fused-ring (bicyclic) bond motifs is 1. The Morgan fingerprint density at radius 3 is 2.83 bits per heavy atom. The molecule has 0 spiro atoms. The standard InChI is InChI=1S/C11H14FN3O2S/c1-15(18(2,16)17)6-5-11-13-9-4-3-8(12)7-10(9)14-11/h3-4,7H,5-6H2,1-2H3,(H,13,14). The fourth-order valence-corrected chi connectivity index (χ4v) is 2.01. The number of rotatable bonds is 4. The number of likely N-dealkylation sites (N-methyl/N-ethyl adjacent to an activating group) is 1. The summed E-state index contributed by atoms with van der Waals surface area (Å²) in [5, 5.41) is 0. The Labute approximate surface area is 105 Å².